The molecule has 1 aromatic heterocycles. The molecule has 100 valence electrons. The second-order valence-electron chi connectivity index (χ2n) is 4.16. The van der Waals surface area contributed by atoms with E-state index in [0.29, 0.717) is 17.6 Å². The molecule has 0 aliphatic heterocycles. The number of hydrogen-bond acceptors (Lipinski definition) is 4. The van der Waals surface area contributed by atoms with Gasteiger partial charge in [-0.15, -0.1) is 0 Å². The summed E-state index contributed by atoms with van der Waals surface area (Å²) in [7, 11) is 0. The largest absolute Gasteiger partial charge is 0.439 e. The molecule has 0 spiro atoms. The number of benzene rings is 1. The molecule has 0 aliphatic carbocycles. The van der Waals surface area contributed by atoms with E-state index >= 15 is 0 Å². The fourth-order valence-electron chi connectivity index (χ4n) is 1.52. The van der Waals surface area contributed by atoms with Gasteiger partial charge in [0, 0.05) is 23.8 Å². The van der Waals surface area contributed by atoms with Gasteiger partial charge in [0.05, 0.1) is 0 Å². The summed E-state index contributed by atoms with van der Waals surface area (Å²) in [6.45, 7) is 4.86. The maximum atomic E-state index is 5.97. The molecule has 2 rings (SSSR count). The van der Waals surface area contributed by atoms with Crippen molar-refractivity contribution >= 4 is 17.5 Å². The second-order valence-corrected chi connectivity index (χ2v) is 4.57. The van der Waals surface area contributed by atoms with E-state index in [9.17, 15) is 0 Å². The smallest absolute Gasteiger partial charge is 0.225 e. The minimum absolute atomic E-state index is 0.510. The Morgan fingerprint density at radius 3 is 2.89 bits per heavy atom. The van der Waals surface area contributed by atoms with Crippen LogP contribution in [0.3, 0.4) is 0 Å². The zero-order valence-electron chi connectivity index (χ0n) is 11.0. The molecule has 5 heteroatoms. The lowest BCUT2D eigenvalue weighted by Gasteiger charge is -2.08. The zero-order valence-corrected chi connectivity index (χ0v) is 11.7. The van der Waals surface area contributed by atoms with Crippen LogP contribution in [0.5, 0.6) is 11.6 Å². The lowest BCUT2D eigenvalue weighted by Crippen LogP contribution is -2.04. The first-order chi connectivity index (χ1) is 9.19. The highest BCUT2D eigenvalue weighted by Crippen LogP contribution is 2.25. The molecule has 0 saturated carbocycles. The van der Waals surface area contributed by atoms with Gasteiger partial charge in [0.25, 0.3) is 0 Å². The molecule has 2 aromatic rings. The van der Waals surface area contributed by atoms with Gasteiger partial charge in [-0.05, 0) is 37.1 Å². The van der Waals surface area contributed by atoms with Crippen molar-refractivity contribution in [3.8, 4) is 11.6 Å². The summed E-state index contributed by atoms with van der Waals surface area (Å²) in [6, 6.07) is 7.23. The quantitative estimate of drug-likeness (QED) is 0.895. The van der Waals surface area contributed by atoms with Gasteiger partial charge < -0.3 is 10.1 Å². The number of hydrogen-bond donors (Lipinski definition) is 1. The number of halogens is 1. The summed E-state index contributed by atoms with van der Waals surface area (Å²) >= 11 is 5.97. The first kappa shape index (κ1) is 13.6. The van der Waals surface area contributed by atoms with Gasteiger partial charge in [-0.1, -0.05) is 18.5 Å². The van der Waals surface area contributed by atoms with Gasteiger partial charge in [-0.3, -0.25) is 0 Å². The number of nitrogens with zero attached hydrogens (tertiary/aromatic N) is 2. The molecule has 1 N–H and O–H groups in total. The molecule has 0 atom stereocenters. The van der Waals surface area contributed by atoms with Crippen LogP contribution in [0.25, 0.3) is 0 Å². The topological polar surface area (TPSA) is 47.0 Å². The van der Waals surface area contributed by atoms with Gasteiger partial charge in [-0.25, -0.2) is 4.98 Å². The van der Waals surface area contributed by atoms with Crippen molar-refractivity contribution in [2.45, 2.75) is 20.3 Å². The number of rotatable bonds is 5. The molecule has 0 amide bonds. The van der Waals surface area contributed by atoms with Crippen molar-refractivity contribution in [3.63, 3.8) is 0 Å². The van der Waals surface area contributed by atoms with Crippen molar-refractivity contribution in [2.75, 3.05) is 11.9 Å². The maximum Gasteiger partial charge on any atom is 0.225 e. The normalized spacial score (nSPS) is 10.3. The van der Waals surface area contributed by atoms with Gasteiger partial charge >= 0.3 is 0 Å². The van der Waals surface area contributed by atoms with Crippen LogP contribution in [-0.2, 0) is 0 Å². The van der Waals surface area contributed by atoms with Crippen LogP contribution >= 0.6 is 11.6 Å². The van der Waals surface area contributed by atoms with Crippen LogP contribution in [0, 0.1) is 6.92 Å². The van der Waals surface area contributed by atoms with E-state index in [-0.39, 0.29) is 0 Å². The Labute approximate surface area is 117 Å². The van der Waals surface area contributed by atoms with Crippen molar-refractivity contribution in [1.29, 1.82) is 0 Å². The van der Waals surface area contributed by atoms with Gasteiger partial charge in [0.15, 0.2) is 0 Å². The van der Waals surface area contributed by atoms with Crippen LogP contribution in [0.4, 0.5) is 5.95 Å². The highest BCUT2D eigenvalue weighted by molar-refractivity contribution is 6.31. The Morgan fingerprint density at radius 2 is 2.16 bits per heavy atom. The number of nitrogens with one attached hydrogen (secondary N) is 1. The molecular formula is C14H16ClN3O. The molecule has 0 unspecified atom stereocenters. The lowest BCUT2D eigenvalue weighted by molar-refractivity contribution is 0.462. The first-order valence-electron chi connectivity index (χ1n) is 6.20. The molecule has 0 saturated heterocycles. The van der Waals surface area contributed by atoms with Crippen LogP contribution < -0.4 is 10.1 Å². The van der Waals surface area contributed by atoms with E-state index in [4.69, 9.17) is 16.3 Å². The molecular weight excluding hydrogens is 262 g/mol. The minimum Gasteiger partial charge on any atom is -0.439 e. The summed E-state index contributed by atoms with van der Waals surface area (Å²) in [5.74, 6) is 1.79. The van der Waals surface area contributed by atoms with Gasteiger partial charge in [-0.2, -0.15) is 4.98 Å². The molecule has 0 aliphatic rings. The Kier molecular flexibility index (Phi) is 4.58. The van der Waals surface area contributed by atoms with Crippen molar-refractivity contribution in [3.05, 3.63) is 41.0 Å². The van der Waals surface area contributed by atoms with Crippen LogP contribution in [-0.4, -0.2) is 16.5 Å². The molecule has 0 bridgehead atoms. The van der Waals surface area contributed by atoms with E-state index in [1.165, 1.54) is 0 Å². The van der Waals surface area contributed by atoms with Crippen LogP contribution in [0.15, 0.2) is 30.5 Å². The maximum absolute atomic E-state index is 5.97. The average molecular weight is 278 g/mol. The highest BCUT2D eigenvalue weighted by Gasteiger charge is 2.03. The van der Waals surface area contributed by atoms with E-state index < -0.39 is 0 Å². The molecule has 1 heterocycles. The third-order valence-electron chi connectivity index (χ3n) is 2.51. The van der Waals surface area contributed by atoms with E-state index in [1.807, 2.05) is 25.1 Å². The van der Waals surface area contributed by atoms with Gasteiger partial charge in [0.1, 0.15) is 5.75 Å². The summed E-state index contributed by atoms with van der Waals surface area (Å²) in [4.78, 5) is 8.41. The Morgan fingerprint density at radius 1 is 1.32 bits per heavy atom. The molecule has 1 aromatic carbocycles. The first-order valence-corrected chi connectivity index (χ1v) is 6.57. The lowest BCUT2D eigenvalue weighted by atomic mass is 10.2. The van der Waals surface area contributed by atoms with Crippen molar-refractivity contribution < 1.29 is 4.74 Å². The molecule has 0 radical (unpaired) electrons. The highest BCUT2D eigenvalue weighted by atomic mass is 35.5. The predicted octanol–water partition coefficient (Wildman–Crippen LogP) is 4.05. The summed E-state index contributed by atoms with van der Waals surface area (Å²) in [5.41, 5.74) is 0.970. The second kappa shape index (κ2) is 6.38. The standard InChI is InChI=1S/C14H16ClN3O/c1-3-7-16-14-17-8-6-13(18-14)19-11-4-5-12(15)10(2)9-11/h4-6,8-9H,3,7H2,1-2H3,(H,16,17,18). The van der Waals surface area contributed by atoms with Crippen molar-refractivity contribution in [2.24, 2.45) is 0 Å². The average Bonchev–Trinajstić information content (AvgIpc) is 2.41. The number of aryl methyl sites for hydroxylation is 1. The summed E-state index contributed by atoms with van der Waals surface area (Å²) < 4.78 is 5.69. The van der Waals surface area contributed by atoms with Crippen LogP contribution in [0.1, 0.15) is 18.9 Å². The van der Waals surface area contributed by atoms with E-state index in [1.54, 1.807) is 12.3 Å². The fourth-order valence-corrected chi connectivity index (χ4v) is 1.64. The molecule has 19 heavy (non-hydrogen) atoms. The third kappa shape index (κ3) is 3.83. The number of aromatic nitrogens is 2. The Balaban J connectivity index is 2.11. The summed E-state index contributed by atoms with van der Waals surface area (Å²) in [6.07, 6.45) is 2.69. The van der Waals surface area contributed by atoms with Crippen molar-refractivity contribution in [1.82, 2.24) is 9.97 Å². The van der Waals surface area contributed by atoms with Gasteiger partial charge in [0.2, 0.25) is 11.8 Å². The van der Waals surface area contributed by atoms with E-state index in [0.717, 1.165) is 23.6 Å². The number of anilines is 1. The fraction of sp³-hybridized carbons (Fsp3) is 0.286. The monoisotopic (exact) mass is 277 g/mol. The number of ether oxygens (including phenoxy) is 1. The zero-order chi connectivity index (χ0) is 13.7. The molecule has 4 nitrogen and oxygen atoms in total. The summed E-state index contributed by atoms with van der Waals surface area (Å²) in [5, 5.41) is 3.84. The van der Waals surface area contributed by atoms with Crippen LogP contribution in [0.2, 0.25) is 5.02 Å². The minimum atomic E-state index is 0.510. The predicted molar refractivity (Wildman–Crippen MR) is 77.1 cm³/mol. The SMILES string of the molecule is CCCNc1nccc(Oc2ccc(Cl)c(C)c2)n1. The van der Waals surface area contributed by atoms with E-state index in [2.05, 4.69) is 22.2 Å². The molecule has 0 fully saturated rings. The Hall–Kier alpha value is -1.81. The third-order valence-corrected chi connectivity index (χ3v) is 2.94. The Bertz CT molecular complexity index is 560.